The van der Waals surface area contributed by atoms with E-state index in [-0.39, 0.29) is 0 Å². The minimum Gasteiger partial charge on any atom is -0.384 e. The highest BCUT2D eigenvalue weighted by molar-refractivity contribution is 5.88. The molecule has 0 radical (unpaired) electrons. The van der Waals surface area contributed by atoms with E-state index in [9.17, 15) is 27.2 Å². The van der Waals surface area contributed by atoms with Crippen LogP contribution in [0.4, 0.5) is 17.6 Å². The van der Waals surface area contributed by atoms with Crippen molar-refractivity contribution in [2.75, 3.05) is 0 Å². The molecule has 1 heterocycles. The molecule has 12 heavy (non-hydrogen) atoms. The zero-order valence-corrected chi connectivity index (χ0v) is 5.14. The van der Waals surface area contributed by atoms with Gasteiger partial charge in [-0.25, -0.2) is 9.59 Å². The summed E-state index contributed by atoms with van der Waals surface area (Å²) in [6.07, 6.45) is -9.25. The molecule has 8 heteroatoms. The molecule has 0 spiro atoms. The van der Waals surface area contributed by atoms with Crippen molar-refractivity contribution >= 4 is 11.9 Å². The Hall–Kier alpha value is -1.34. The first kappa shape index (κ1) is 8.75. The molecule has 0 aromatic heterocycles. The smallest absolute Gasteiger partial charge is 0.384 e. The fourth-order valence-electron chi connectivity index (χ4n) is 0.435. The minimum absolute atomic E-state index is 2.59. The van der Waals surface area contributed by atoms with Crippen LogP contribution in [0.5, 0.6) is 0 Å². The largest absolute Gasteiger partial charge is 0.504 e. The summed E-state index contributed by atoms with van der Waals surface area (Å²) < 4.78 is 53.4. The molecule has 0 aliphatic carbocycles. The molecule has 0 saturated carbocycles. The lowest BCUT2D eigenvalue weighted by atomic mass is 10.5. The van der Waals surface area contributed by atoms with Gasteiger partial charge in [-0.15, -0.1) is 0 Å². The summed E-state index contributed by atoms with van der Waals surface area (Å²) in [6, 6.07) is 0. The number of halogens is 4. The summed E-state index contributed by atoms with van der Waals surface area (Å²) >= 11 is 0. The Morgan fingerprint density at radius 3 is 1.33 bits per heavy atom. The monoisotopic (exact) mass is 188 g/mol. The van der Waals surface area contributed by atoms with Gasteiger partial charge in [-0.3, -0.25) is 0 Å². The van der Waals surface area contributed by atoms with Crippen molar-refractivity contribution in [3.63, 3.8) is 0 Å². The molecule has 0 aromatic rings. The molecule has 0 aromatic carbocycles. The van der Waals surface area contributed by atoms with Crippen LogP contribution in [-0.4, -0.2) is 24.2 Å². The molecule has 0 amide bonds. The zero-order valence-electron chi connectivity index (χ0n) is 5.14. The first-order valence-corrected chi connectivity index (χ1v) is 2.48. The zero-order chi connectivity index (χ0) is 9.57. The second-order valence-corrected chi connectivity index (χ2v) is 1.81. The number of hydrogen-bond acceptors (Lipinski definition) is 4. The van der Waals surface area contributed by atoms with Gasteiger partial charge in [0.2, 0.25) is 0 Å². The third-order valence-electron chi connectivity index (χ3n) is 0.917. The third kappa shape index (κ3) is 1.19. The number of carbonyl (C=O) groups is 2. The van der Waals surface area contributed by atoms with E-state index in [4.69, 9.17) is 0 Å². The van der Waals surface area contributed by atoms with Crippen molar-refractivity contribution in [1.82, 2.24) is 0 Å². The first-order chi connectivity index (χ1) is 5.26. The van der Waals surface area contributed by atoms with Gasteiger partial charge in [0.25, 0.3) is 0 Å². The second kappa shape index (κ2) is 2.08. The van der Waals surface area contributed by atoms with Gasteiger partial charge in [-0.05, 0) is 0 Å². The molecule has 0 unspecified atom stereocenters. The summed E-state index contributed by atoms with van der Waals surface area (Å²) in [7, 11) is 0. The summed E-state index contributed by atoms with van der Waals surface area (Å²) in [5.74, 6) is -5.18. The average Bonchev–Trinajstić information content (AvgIpc) is 1.82. The van der Waals surface area contributed by atoms with Gasteiger partial charge in [0, 0.05) is 0 Å². The predicted molar refractivity (Wildman–Crippen MR) is 22.1 cm³/mol. The van der Waals surface area contributed by atoms with E-state index in [0.717, 1.165) is 0 Å². The Morgan fingerprint density at radius 2 is 1.08 bits per heavy atom. The molecular weight excluding hydrogens is 188 g/mol. The number of ether oxygens (including phenoxy) is 2. The van der Waals surface area contributed by atoms with E-state index in [1.54, 1.807) is 0 Å². The average molecular weight is 188 g/mol. The van der Waals surface area contributed by atoms with Crippen LogP contribution in [0.3, 0.4) is 0 Å². The van der Waals surface area contributed by atoms with E-state index < -0.39 is 24.2 Å². The van der Waals surface area contributed by atoms with Crippen LogP contribution >= 0.6 is 0 Å². The van der Waals surface area contributed by atoms with Gasteiger partial charge >= 0.3 is 24.2 Å². The van der Waals surface area contributed by atoms with Crippen LogP contribution in [-0.2, 0) is 19.1 Å². The topological polar surface area (TPSA) is 52.6 Å². The molecule has 1 saturated heterocycles. The maximum Gasteiger partial charge on any atom is 0.504 e. The summed E-state index contributed by atoms with van der Waals surface area (Å²) in [5, 5.41) is 0. The molecular formula is C4F4O4. The van der Waals surface area contributed by atoms with Gasteiger partial charge in [0.15, 0.2) is 0 Å². The number of alkyl halides is 4. The van der Waals surface area contributed by atoms with Crippen LogP contribution in [0.15, 0.2) is 0 Å². The fraction of sp³-hybridized carbons (Fsp3) is 0.500. The lowest BCUT2D eigenvalue weighted by molar-refractivity contribution is -0.323. The van der Waals surface area contributed by atoms with E-state index in [2.05, 4.69) is 9.47 Å². The Kier molecular flexibility index (Phi) is 1.52. The van der Waals surface area contributed by atoms with Gasteiger partial charge < -0.3 is 9.47 Å². The third-order valence-corrected chi connectivity index (χ3v) is 0.917. The van der Waals surface area contributed by atoms with Crippen molar-refractivity contribution in [2.24, 2.45) is 0 Å². The van der Waals surface area contributed by atoms with Crippen LogP contribution < -0.4 is 0 Å². The molecule has 1 aliphatic heterocycles. The molecule has 68 valence electrons. The van der Waals surface area contributed by atoms with Gasteiger partial charge in [0.1, 0.15) is 0 Å². The van der Waals surface area contributed by atoms with E-state index in [0.29, 0.717) is 0 Å². The Balaban J connectivity index is 2.91. The lowest BCUT2D eigenvalue weighted by Gasteiger charge is -2.24. The van der Waals surface area contributed by atoms with Crippen molar-refractivity contribution in [1.29, 1.82) is 0 Å². The van der Waals surface area contributed by atoms with Crippen LogP contribution in [0.2, 0.25) is 0 Å². The predicted octanol–water partition coefficient (Wildman–Crippen LogP) is 0.272. The molecule has 1 rings (SSSR count). The van der Waals surface area contributed by atoms with Crippen LogP contribution in [0.25, 0.3) is 0 Å². The van der Waals surface area contributed by atoms with Gasteiger partial charge in [-0.2, -0.15) is 17.6 Å². The van der Waals surface area contributed by atoms with E-state index in [1.165, 1.54) is 0 Å². The number of esters is 2. The summed E-state index contributed by atoms with van der Waals surface area (Å²) in [4.78, 5) is 19.9. The highest BCUT2D eigenvalue weighted by Gasteiger charge is 2.62. The quantitative estimate of drug-likeness (QED) is 0.404. The number of rotatable bonds is 0. The standard InChI is InChI=1S/C4F4O4/c5-3(6)1(9)11-4(7,8)2(10)12-3. The summed E-state index contributed by atoms with van der Waals surface area (Å²) in [6.45, 7) is 0. The Bertz CT molecular complexity index is 221. The SMILES string of the molecule is O=C1OC(F)(F)C(=O)OC1(F)F. The minimum atomic E-state index is -4.63. The van der Waals surface area contributed by atoms with Crippen molar-refractivity contribution in [3.05, 3.63) is 0 Å². The molecule has 0 bridgehead atoms. The van der Waals surface area contributed by atoms with Crippen LogP contribution in [0.1, 0.15) is 0 Å². The van der Waals surface area contributed by atoms with Crippen molar-refractivity contribution in [2.45, 2.75) is 12.2 Å². The molecule has 0 N–H and O–H groups in total. The van der Waals surface area contributed by atoms with Crippen LogP contribution in [0, 0.1) is 0 Å². The Morgan fingerprint density at radius 1 is 0.833 bits per heavy atom. The lowest BCUT2D eigenvalue weighted by Crippen LogP contribution is -2.52. The van der Waals surface area contributed by atoms with E-state index in [1.807, 2.05) is 0 Å². The number of hydrogen-bond donors (Lipinski definition) is 0. The molecule has 1 fully saturated rings. The highest BCUT2D eigenvalue weighted by Crippen LogP contribution is 2.31. The number of carbonyl (C=O) groups excluding carboxylic acids is 2. The van der Waals surface area contributed by atoms with Crippen molar-refractivity contribution < 1.29 is 36.6 Å². The molecule has 1 aliphatic rings. The van der Waals surface area contributed by atoms with Gasteiger partial charge in [-0.1, -0.05) is 0 Å². The van der Waals surface area contributed by atoms with E-state index >= 15 is 0 Å². The molecule has 0 atom stereocenters. The number of cyclic esters (lactones) is 2. The van der Waals surface area contributed by atoms with Crippen molar-refractivity contribution in [3.8, 4) is 0 Å². The van der Waals surface area contributed by atoms with Gasteiger partial charge in [0.05, 0.1) is 0 Å². The summed E-state index contributed by atoms with van der Waals surface area (Å²) in [5.41, 5.74) is 0. The maximum absolute atomic E-state index is 11.9. The first-order valence-electron chi connectivity index (χ1n) is 2.48. The Labute approximate surface area is 62.0 Å². The second-order valence-electron chi connectivity index (χ2n) is 1.81. The normalized spacial score (nSPS) is 26.0. The highest BCUT2D eigenvalue weighted by atomic mass is 19.3. The fourth-order valence-corrected chi connectivity index (χ4v) is 0.435. The maximum atomic E-state index is 11.9. The molecule has 4 nitrogen and oxygen atoms in total.